The number of halogens is 1. The molecule has 90 valence electrons. The van der Waals surface area contributed by atoms with Gasteiger partial charge in [0, 0.05) is 16.6 Å². The molecule has 0 bridgehead atoms. The van der Waals surface area contributed by atoms with E-state index in [1.165, 1.54) is 0 Å². The minimum absolute atomic E-state index is 0.428. The van der Waals surface area contributed by atoms with Crippen LogP contribution in [-0.2, 0) is 6.54 Å². The van der Waals surface area contributed by atoms with Crippen molar-refractivity contribution in [2.24, 2.45) is 0 Å². The molecule has 0 fully saturated rings. The van der Waals surface area contributed by atoms with Crippen molar-refractivity contribution in [1.29, 1.82) is 0 Å². The Labute approximate surface area is 106 Å². The largest absolute Gasteiger partial charge is 0.507 e. The van der Waals surface area contributed by atoms with Gasteiger partial charge in [-0.25, -0.2) is 0 Å². The van der Waals surface area contributed by atoms with E-state index < -0.39 is 0 Å². The molecule has 0 aliphatic rings. The molecule has 0 atom stereocenters. The summed E-state index contributed by atoms with van der Waals surface area (Å²) in [7, 11) is 0. The first-order valence-corrected chi connectivity index (χ1v) is 6.58. The molecule has 16 heavy (non-hydrogen) atoms. The first-order chi connectivity index (χ1) is 7.58. The number of rotatable bonds is 5. The van der Waals surface area contributed by atoms with Crippen molar-refractivity contribution in [3.05, 3.63) is 27.7 Å². The summed E-state index contributed by atoms with van der Waals surface area (Å²) >= 11 is 3.47. The van der Waals surface area contributed by atoms with Crippen molar-refractivity contribution in [3.63, 3.8) is 0 Å². The summed E-state index contributed by atoms with van der Waals surface area (Å²) in [5.41, 5.74) is 1.93. The fourth-order valence-electron chi connectivity index (χ4n) is 1.83. The van der Waals surface area contributed by atoms with Gasteiger partial charge < -0.3 is 5.11 Å². The molecule has 0 amide bonds. The Morgan fingerprint density at radius 3 is 2.56 bits per heavy atom. The Kier molecular flexibility index (Phi) is 5.29. The SMILES string of the molecule is CCCN(CC)Cc1cc(Br)cc(C)c1O. The maximum Gasteiger partial charge on any atom is 0.123 e. The number of aryl methyl sites for hydroxylation is 1. The van der Waals surface area contributed by atoms with Crippen molar-refractivity contribution < 1.29 is 5.11 Å². The highest BCUT2D eigenvalue weighted by Gasteiger charge is 2.09. The monoisotopic (exact) mass is 285 g/mol. The molecular weight excluding hydrogens is 266 g/mol. The first kappa shape index (κ1) is 13.5. The molecular formula is C13H20BrNO. The second-order valence-corrected chi connectivity index (χ2v) is 5.01. The predicted octanol–water partition coefficient (Wildman–Crippen LogP) is 3.70. The highest BCUT2D eigenvalue weighted by Crippen LogP contribution is 2.27. The van der Waals surface area contributed by atoms with E-state index in [1.807, 2.05) is 19.1 Å². The van der Waals surface area contributed by atoms with E-state index in [4.69, 9.17) is 0 Å². The smallest absolute Gasteiger partial charge is 0.123 e. The molecule has 0 aliphatic heterocycles. The predicted molar refractivity (Wildman–Crippen MR) is 71.8 cm³/mol. The van der Waals surface area contributed by atoms with E-state index in [0.29, 0.717) is 5.75 Å². The van der Waals surface area contributed by atoms with Crippen LogP contribution in [0.3, 0.4) is 0 Å². The van der Waals surface area contributed by atoms with E-state index in [0.717, 1.165) is 41.7 Å². The van der Waals surface area contributed by atoms with Crippen molar-refractivity contribution in [1.82, 2.24) is 4.90 Å². The number of phenols is 1. The second kappa shape index (κ2) is 6.26. The Morgan fingerprint density at radius 1 is 1.31 bits per heavy atom. The van der Waals surface area contributed by atoms with Crippen LogP contribution in [0.25, 0.3) is 0 Å². The Morgan fingerprint density at radius 2 is 2.00 bits per heavy atom. The molecule has 3 heteroatoms. The van der Waals surface area contributed by atoms with Crippen LogP contribution < -0.4 is 0 Å². The lowest BCUT2D eigenvalue weighted by Crippen LogP contribution is -2.23. The van der Waals surface area contributed by atoms with Gasteiger partial charge in [0.25, 0.3) is 0 Å². The highest BCUT2D eigenvalue weighted by atomic mass is 79.9. The van der Waals surface area contributed by atoms with Crippen LogP contribution in [0.2, 0.25) is 0 Å². The summed E-state index contributed by atoms with van der Waals surface area (Å²) in [4.78, 5) is 2.33. The van der Waals surface area contributed by atoms with E-state index in [2.05, 4.69) is 34.7 Å². The normalized spacial score (nSPS) is 11.1. The van der Waals surface area contributed by atoms with Gasteiger partial charge in [0.1, 0.15) is 5.75 Å². The molecule has 1 rings (SSSR count). The van der Waals surface area contributed by atoms with Crippen molar-refractivity contribution in [2.45, 2.75) is 33.7 Å². The molecule has 0 heterocycles. The van der Waals surface area contributed by atoms with E-state index >= 15 is 0 Å². The molecule has 0 saturated carbocycles. The van der Waals surface area contributed by atoms with Gasteiger partial charge in [0.2, 0.25) is 0 Å². The maximum absolute atomic E-state index is 9.99. The van der Waals surface area contributed by atoms with Gasteiger partial charge in [-0.15, -0.1) is 0 Å². The van der Waals surface area contributed by atoms with Crippen LogP contribution >= 0.6 is 15.9 Å². The number of aromatic hydroxyl groups is 1. The molecule has 0 saturated heterocycles. The second-order valence-electron chi connectivity index (χ2n) is 4.10. The van der Waals surface area contributed by atoms with Gasteiger partial charge in [-0.1, -0.05) is 29.8 Å². The zero-order chi connectivity index (χ0) is 12.1. The number of phenolic OH excluding ortho intramolecular Hbond substituents is 1. The third-order valence-electron chi connectivity index (χ3n) is 2.73. The minimum Gasteiger partial charge on any atom is -0.507 e. The zero-order valence-electron chi connectivity index (χ0n) is 10.3. The topological polar surface area (TPSA) is 23.5 Å². The van der Waals surface area contributed by atoms with Crippen LogP contribution in [0.1, 0.15) is 31.4 Å². The molecule has 1 N–H and O–H groups in total. The van der Waals surface area contributed by atoms with E-state index in [-0.39, 0.29) is 0 Å². The highest BCUT2D eigenvalue weighted by molar-refractivity contribution is 9.10. The number of hydrogen-bond donors (Lipinski definition) is 1. The van der Waals surface area contributed by atoms with E-state index in [1.54, 1.807) is 0 Å². The zero-order valence-corrected chi connectivity index (χ0v) is 11.8. The molecule has 0 spiro atoms. The van der Waals surface area contributed by atoms with E-state index in [9.17, 15) is 5.11 Å². The standard InChI is InChI=1S/C13H20BrNO/c1-4-6-15(5-2)9-11-8-12(14)7-10(3)13(11)16/h7-8,16H,4-6,9H2,1-3H3. The number of nitrogens with zero attached hydrogens (tertiary/aromatic N) is 1. The molecule has 2 nitrogen and oxygen atoms in total. The van der Waals surface area contributed by atoms with Crippen molar-refractivity contribution in [2.75, 3.05) is 13.1 Å². The lowest BCUT2D eigenvalue weighted by atomic mass is 10.1. The van der Waals surface area contributed by atoms with Crippen molar-refractivity contribution in [3.8, 4) is 5.75 Å². The Hall–Kier alpha value is -0.540. The summed E-state index contributed by atoms with van der Waals surface area (Å²) in [6.07, 6.45) is 1.14. The summed E-state index contributed by atoms with van der Waals surface area (Å²) in [5.74, 6) is 0.428. The van der Waals surface area contributed by atoms with Gasteiger partial charge in [0.15, 0.2) is 0 Å². The average molecular weight is 286 g/mol. The third-order valence-corrected chi connectivity index (χ3v) is 3.18. The molecule has 0 unspecified atom stereocenters. The fourth-order valence-corrected chi connectivity index (χ4v) is 2.45. The summed E-state index contributed by atoms with van der Waals surface area (Å²) in [6, 6.07) is 3.94. The minimum atomic E-state index is 0.428. The van der Waals surface area contributed by atoms with Crippen LogP contribution in [0.15, 0.2) is 16.6 Å². The summed E-state index contributed by atoms with van der Waals surface area (Å²) in [6.45, 7) is 9.16. The Balaban J connectivity index is 2.87. The van der Waals surface area contributed by atoms with Gasteiger partial charge in [-0.2, -0.15) is 0 Å². The summed E-state index contributed by atoms with van der Waals surface area (Å²) < 4.78 is 1.03. The first-order valence-electron chi connectivity index (χ1n) is 5.78. The lowest BCUT2D eigenvalue weighted by molar-refractivity contribution is 0.276. The molecule has 0 aliphatic carbocycles. The molecule has 1 aromatic rings. The third kappa shape index (κ3) is 3.49. The quantitative estimate of drug-likeness (QED) is 0.892. The molecule has 1 aromatic carbocycles. The Bertz CT molecular complexity index is 352. The van der Waals surface area contributed by atoms with Crippen LogP contribution in [0.4, 0.5) is 0 Å². The van der Waals surface area contributed by atoms with Gasteiger partial charge in [0.05, 0.1) is 0 Å². The fraction of sp³-hybridized carbons (Fsp3) is 0.538. The molecule has 0 radical (unpaired) electrons. The number of hydrogen-bond acceptors (Lipinski definition) is 2. The lowest BCUT2D eigenvalue weighted by Gasteiger charge is -2.20. The van der Waals surface area contributed by atoms with Crippen LogP contribution in [-0.4, -0.2) is 23.1 Å². The van der Waals surface area contributed by atoms with Gasteiger partial charge >= 0.3 is 0 Å². The van der Waals surface area contributed by atoms with Crippen LogP contribution in [0.5, 0.6) is 5.75 Å². The van der Waals surface area contributed by atoms with Crippen molar-refractivity contribution >= 4 is 15.9 Å². The average Bonchev–Trinajstić information content (AvgIpc) is 2.24. The molecule has 0 aromatic heterocycles. The number of benzene rings is 1. The maximum atomic E-state index is 9.99. The summed E-state index contributed by atoms with van der Waals surface area (Å²) in [5, 5.41) is 9.99. The van der Waals surface area contributed by atoms with Crippen LogP contribution in [0, 0.1) is 6.92 Å². The van der Waals surface area contributed by atoms with Gasteiger partial charge in [-0.05, 0) is 44.1 Å². The van der Waals surface area contributed by atoms with Gasteiger partial charge in [-0.3, -0.25) is 4.90 Å².